The van der Waals surface area contributed by atoms with E-state index >= 15 is 0 Å². The van der Waals surface area contributed by atoms with Crippen LogP contribution in [0.3, 0.4) is 0 Å². The van der Waals surface area contributed by atoms with Crippen LogP contribution in [0.5, 0.6) is 5.75 Å². The van der Waals surface area contributed by atoms with Crippen molar-refractivity contribution in [3.05, 3.63) is 29.8 Å². The van der Waals surface area contributed by atoms with Crippen molar-refractivity contribution in [1.29, 1.82) is 5.26 Å². The fourth-order valence-electron chi connectivity index (χ4n) is 5.77. The zero-order valence-corrected chi connectivity index (χ0v) is 18.6. The van der Waals surface area contributed by atoms with E-state index in [0.717, 1.165) is 42.4 Å². The molecule has 29 heavy (non-hydrogen) atoms. The fraction of sp³-hybridized carbons (Fsp3) is 0.741. The first kappa shape index (κ1) is 22.2. The van der Waals surface area contributed by atoms with Gasteiger partial charge in [-0.3, -0.25) is 0 Å². The van der Waals surface area contributed by atoms with Gasteiger partial charge in [0.1, 0.15) is 5.75 Å². The molecule has 0 amide bonds. The van der Waals surface area contributed by atoms with Gasteiger partial charge in [0.15, 0.2) is 0 Å². The summed E-state index contributed by atoms with van der Waals surface area (Å²) in [6.07, 6.45) is 20.1. The molecule has 0 unspecified atom stereocenters. The molecule has 0 heterocycles. The summed E-state index contributed by atoms with van der Waals surface area (Å²) >= 11 is 0. The summed E-state index contributed by atoms with van der Waals surface area (Å²) in [6, 6.07) is 9.62. The summed E-state index contributed by atoms with van der Waals surface area (Å²) < 4.78 is 5.85. The van der Waals surface area contributed by atoms with Crippen LogP contribution in [0.15, 0.2) is 24.3 Å². The van der Waals surface area contributed by atoms with Gasteiger partial charge >= 0.3 is 0 Å². The molecule has 0 radical (unpaired) electrons. The molecular formula is C27H41NO. The Balaban J connectivity index is 1.25. The van der Waals surface area contributed by atoms with Gasteiger partial charge in [0, 0.05) is 0 Å². The Morgan fingerprint density at radius 1 is 0.793 bits per heavy atom. The van der Waals surface area contributed by atoms with E-state index in [1.807, 2.05) is 24.3 Å². The van der Waals surface area contributed by atoms with Crippen LogP contribution < -0.4 is 4.74 Å². The van der Waals surface area contributed by atoms with Crippen molar-refractivity contribution in [3.8, 4) is 11.8 Å². The minimum atomic E-state index is 0.694. The van der Waals surface area contributed by atoms with Crippen LogP contribution >= 0.6 is 0 Å². The van der Waals surface area contributed by atoms with Gasteiger partial charge in [0.2, 0.25) is 0 Å². The van der Waals surface area contributed by atoms with E-state index < -0.39 is 0 Å². The standard InChI is InChI=1S/C27H41NO/c1-2-3-4-6-22-8-14-25(15-9-22)26-16-10-23(11-17-26)7-5-20-29-27-18-12-24(21-28)13-19-27/h12-13,18-19,22-23,25-26H,2-11,14-17,20H2,1H3. The lowest BCUT2D eigenvalue weighted by molar-refractivity contribution is 0.138. The summed E-state index contributed by atoms with van der Waals surface area (Å²) in [5, 5.41) is 8.85. The van der Waals surface area contributed by atoms with Crippen LogP contribution in [0.25, 0.3) is 0 Å². The third kappa shape index (κ3) is 7.36. The van der Waals surface area contributed by atoms with Gasteiger partial charge in [-0.25, -0.2) is 0 Å². The van der Waals surface area contributed by atoms with Crippen LogP contribution in [0.1, 0.15) is 102 Å². The van der Waals surface area contributed by atoms with Crippen molar-refractivity contribution in [1.82, 2.24) is 0 Å². The Labute approximate surface area is 179 Å². The summed E-state index contributed by atoms with van der Waals surface area (Å²) in [7, 11) is 0. The van der Waals surface area contributed by atoms with Gasteiger partial charge in [0.05, 0.1) is 18.2 Å². The van der Waals surface area contributed by atoms with Gasteiger partial charge in [-0.1, -0.05) is 58.3 Å². The molecule has 2 saturated carbocycles. The number of benzene rings is 1. The normalized spacial score (nSPS) is 27.3. The monoisotopic (exact) mass is 395 g/mol. The maximum absolute atomic E-state index is 8.85. The quantitative estimate of drug-likeness (QED) is 0.377. The van der Waals surface area contributed by atoms with Gasteiger partial charge in [-0.05, 0) is 86.5 Å². The zero-order valence-electron chi connectivity index (χ0n) is 18.6. The average Bonchev–Trinajstić information content (AvgIpc) is 2.78. The molecule has 0 saturated heterocycles. The predicted octanol–water partition coefficient (Wildman–Crippen LogP) is 7.91. The molecular weight excluding hydrogens is 354 g/mol. The Hall–Kier alpha value is -1.49. The summed E-state index contributed by atoms with van der Waals surface area (Å²) in [5.41, 5.74) is 0.694. The van der Waals surface area contributed by atoms with Crippen molar-refractivity contribution in [2.24, 2.45) is 23.7 Å². The highest BCUT2D eigenvalue weighted by atomic mass is 16.5. The maximum atomic E-state index is 8.85. The highest BCUT2D eigenvalue weighted by molar-refractivity contribution is 5.34. The molecule has 0 N–H and O–H groups in total. The lowest BCUT2D eigenvalue weighted by atomic mass is 9.68. The predicted molar refractivity (Wildman–Crippen MR) is 121 cm³/mol. The largest absolute Gasteiger partial charge is 0.494 e. The molecule has 0 atom stereocenters. The van der Waals surface area contributed by atoms with Crippen LogP contribution in [0, 0.1) is 35.0 Å². The molecule has 0 bridgehead atoms. The number of ether oxygens (including phenoxy) is 1. The van der Waals surface area contributed by atoms with Gasteiger partial charge in [0.25, 0.3) is 0 Å². The van der Waals surface area contributed by atoms with Crippen molar-refractivity contribution < 1.29 is 4.74 Å². The zero-order chi connectivity index (χ0) is 20.3. The summed E-state index contributed by atoms with van der Waals surface area (Å²) in [5.74, 6) is 4.92. The Morgan fingerprint density at radius 2 is 1.34 bits per heavy atom. The van der Waals surface area contributed by atoms with E-state index in [1.165, 1.54) is 83.5 Å². The molecule has 3 rings (SSSR count). The second-order valence-electron chi connectivity index (χ2n) is 9.68. The molecule has 1 aromatic rings. The van der Waals surface area contributed by atoms with Crippen LogP contribution in [-0.2, 0) is 0 Å². The van der Waals surface area contributed by atoms with Crippen molar-refractivity contribution >= 4 is 0 Å². The number of nitriles is 1. The van der Waals surface area contributed by atoms with Crippen LogP contribution in [0.4, 0.5) is 0 Å². The molecule has 1 aromatic carbocycles. The van der Waals surface area contributed by atoms with E-state index in [2.05, 4.69) is 13.0 Å². The average molecular weight is 396 g/mol. The molecule has 2 heteroatoms. The smallest absolute Gasteiger partial charge is 0.119 e. The summed E-state index contributed by atoms with van der Waals surface area (Å²) in [4.78, 5) is 0. The first-order valence-electron chi connectivity index (χ1n) is 12.4. The first-order valence-corrected chi connectivity index (χ1v) is 12.4. The van der Waals surface area contributed by atoms with E-state index in [1.54, 1.807) is 0 Å². The maximum Gasteiger partial charge on any atom is 0.119 e. The molecule has 0 aromatic heterocycles. The lowest BCUT2D eigenvalue weighted by Crippen LogP contribution is -2.26. The number of rotatable bonds is 10. The van der Waals surface area contributed by atoms with Crippen LogP contribution in [-0.4, -0.2) is 6.61 Å². The van der Waals surface area contributed by atoms with E-state index in [-0.39, 0.29) is 0 Å². The van der Waals surface area contributed by atoms with Crippen molar-refractivity contribution in [2.45, 2.75) is 96.8 Å². The lowest BCUT2D eigenvalue weighted by Gasteiger charge is -2.38. The topological polar surface area (TPSA) is 33.0 Å². The third-order valence-electron chi connectivity index (χ3n) is 7.67. The Morgan fingerprint density at radius 3 is 1.86 bits per heavy atom. The fourth-order valence-corrected chi connectivity index (χ4v) is 5.77. The molecule has 0 spiro atoms. The minimum Gasteiger partial charge on any atom is -0.494 e. The van der Waals surface area contributed by atoms with E-state index in [0.29, 0.717) is 5.56 Å². The number of unbranched alkanes of at least 4 members (excludes halogenated alkanes) is 2. The number of nitrogens with zero attached hydrogens (tertiary/aromatic N) is 1. The number of hydrogen-bond donors (Lipinski definition) is 0. The van der Waals surface area contributed by atoms with Gasteiger partial charge < -0.3 is 4.74 Å². The molecule has 2 aliphatic carbocycles. The number of hydrogen-bond acceptors (Lipinski definition) is 2. The van der Waals surface area contributed by atoms with Crippen molar-refractivity contribution in [3.63, 3.8) is 0 Å². The highest BCUT2D eigenvalue weighted by Crippen LogP contribution is 2.43. The second kappa shape index (κ2) is 12.3. The Kier molecular flexibility index (Phi) is 9.39. The first-order chi connectivity index (χ1) is 14.3. The molecule has 2 aliphatic rings. The minimum absolute atomic E-state index is 0.694. The van der Waals surface area contributed by atoms with Crippen molar-refractivity contribution in [2.75, 3.05) is 6.61 Å². The molecule has 2 nitrogen and oxygen atoms in total. The molecule has 160 valence electrons. The van der Waals surface area contributed by atoms with Crippen LogP contribution in [0.2, 0.25) is 0 Å². The van der Waals surface area contributed by atoms with Gasteiger partial charge in [-0.15, -0.1) is 0 Å². The molecule has 2 fully saturated rings. The highest BCUT2D eigenvalue weighted by Gasteiger charge is 2.30. The summed E-state index contributed by atoms with van der Waals surface area (Å²) in [6.45, 7) is 3.11. The third-order valence-corrected chi connectivity index (χ3v) is 7.67. The molecule has 0 aliphatic heterocycles. The van der Waals surface area contributed by atoms with Gasteiger partial charge in [-0.2, -0.15) is 5.26 Å². The Bertz CT molecular complexity index is 600. The second-order valence-corrected chi connectivity index (χ2v) is 9.68. The van der Waals surface area contributed by atoms with E-state index in [9.17, 15) is 0 Å². The SMILES string of the molecule is CCCCCC1CCC(C2CCC(CCCOc3ccc(C#N)cc3)CC2)CC1. The van der Waals surface area contributed by atoms with E-state index in [4.69, 9.17) is 10.00 Å².